The van der Waals surface area contributed by atoms with Gasteiger partial charge in [0.15, 0.2) is 6.29 Å². The summed E-state index contributed by atoms with van der Waals surface area (Å²) in [5.41, 5.74) is 0.201. The molecule has 38 heavy (non-hydrogen) atoms. The van der Waals surface area contributed by atoms with Crippen molar-refractivity contribution in [2.24, 2.45) is 0 Å². The van der Waals surface area contributed by atoms with Crippen molar-refractivity contribution in [1.82, 2.24) is 4.90 Å². The van der Waals surface area contributed by atoms with Gasteiger partial charge in [0, 0.05) is 30.2 Å². The first-order chi connectivity index (χ1) is 18.3. The van der Waals surface area contributed by atoms with Crippen LogP contribution in [0.25, 0.3) is 0 Å². The van der Waals surface area contributed by atoms with Gasteiger partial charge in [-0.3, -0.25) is 4.90 Å². The number of hydrogen-bond acceptors (Lipinski definition) is 4. The SMILES string of the molecule is O=C1N(CCC2OCCCO2)C[C@H](c2cccc(C(F)(F)F)c2)N1c1ccc(Oc2ccc(Cl)cc2)cc1. The number of benzene rings is 3. The van der Waals surface area contributed by atoms with E-state index in [1.165, 1.54) is 11.0 Å². The van der Waals surface area contributed by atoms with Crippen LogP contribution < -0.4 is 9.64 Å². The normalized spacial score (nSPS) is 18.7. The lowest BCUT2D eigenvalue weighted by molar-refractivity contribution is -0.181. The predicted octanol–water partition coefficient (Wildman–Crippen LogP) is 7.29. The fraction of sp³-hybridized carbons (Fsp3) is 0.321. The molecule has 0 spiro atoms. The lowest BCUT2D eigenvalue weighted by atomic mass is 10.0. The number of rotatable bonds is 7. The molecule has 3 aromatic rings. The van der Waals surface area contributed by atoms with E-state index < -0.39 is 24.1 Å². The van der Waals surface area contributed by atoms with Crippen LogP contribution in [-0.4, -0.2) is 43.5 Å². The molecule has 0 saturated carbocycles. The van der Waals surface area contributed by atoms with Gasteiger partial charge in [-0.25, -0.2) is 4.79 Å². The molecule has 10 heteroatoms. The minimum Gasteiger partial charge on any atom is -0.457 e. The molecule has 2 saturated heterocycles. The maximum Gasteiger partial charge on any atom is 0.416 e. The van der Waals surface area contributed by atoms with E-state index in [0.29, 0.717) is 54.0 Å². The molecule has 2 heterocycles. The highest BCUT2D eigenvalue weighted by Crippen LogP contribution is 2.38. The number of alkyl halides is 3. The standard InChI is InChI=1S/C28H26ClF3N2O4/c29-21-5-9-23(10-6-21)38-24-11-7-22(8-12-24)34-25(19-3-1-4-20(17-19)28(30,31)32)18-33(27(34)35)14-13-26-36-15-2-16-37-26/h1,3-12,17,25-26H,2,13-16,18H2/t25-/m1/s1. The fourth-order valence-electron chi connectivity index (χ4n) is 4.59. The summed E-state index contributed by atoms with van der Waals surface area (Å²) in [4.78, 5) is 16.7. The van der Waals surface area contributed by atoms with Crippen molar-refractivity contribution in [2.75, 3.05) is 31.2 Å². The van der Waals surface area contributed by atoms with Gasteiger partial charge in [0.2, 0.25) is 0 Å². The Bertz CT molecular complexity index is 1250. The third-order valence-electron chi connectivity index (χ3n) is 6.48. The first-order valence-electron chi connectivity index (χ1n) is 12.3. The molecule has 1 atom stereocenters. The van der Waals surface area contributed by atoms with Crippen LogP contribution in [-0.2, 0) is 15.7 Å². The number of anilines is 1. The number of urea groups is 1. The van der Waals surface area contributed by atoms with Crippen molar-refractivity contribution in [3.8, 4) is 11.5 Å². The third kappa shape index (κ3) is 6.06. The van der Waals surface area contributed by atoms with E-state index in [2.05, 4.69) is 0 Å². The predicted molar refractivity (Wildman–Crippen MR) is 137 cm³/mol. The number of amides is 2. The van der Waals surface area contributed by atoms with Gasteiger partial charge in [-0.1, -0.05) is 23.7 Å². The third-order valence-corrected chi connectivity index (χ3v) is 6.73. The molecule has 200 valence electrons. The molecule has 0 radical (unpaired) electrons. The Labute approximate surface area is 223 Å². The van der Waals surface area contributed by atoms with Crippen LogP contribution in [0.1, 0.15) is 30.0 Å². The second kappa shape index (κ2) is 11.2. The van der Waals surface area contributed by atoms with Crippen LogP contribution in [0.5, 0.6) is 11.5 Å². The molecule has 0 N–H and O–H groups in total. The summed E-state index contributed by atoms with van der Waals surface area (Å²) in [5.74, 6) is 1.14. The summed E-state index contributed by atoms with van der Waals surface area (Å²) in [7, 11) is 0. The molecule has 5 rings (SSSR count). The maximum atomic E-state index is 13.6. The van der Waals surface area contributed by atoms with E-state index in [1.807, 2.05) is 0 Å². The number of ether oxygens (including phenoxy) is 3. The van der Waals surface area contributed by atoms with Gasteiger partial charge in [0.25, 0.3) is 0 Å². The summed E-state index contributed by atoms with van der Waals surface area (Å²) in [5, 5.41) is 0.590. The second-order valence-corrected chi connectivity index (χ2v) is 9.54. The van der Waals surface area contributed by atoms with E-state index in [9.17, 15) is 18.0 Å². The van der Waals surface area contributed by atoms with Gasteiger partial charge < -0.3 is 19.1 Å². The molecule has 6 nitrogen and oxygen atoms in total. The van der Waals surface area contributed by atoms with Gasteiger partial charge in [0.1, 0.15) is 11.5 Å². The monoisotopic (exact) mass is 546 g/mol. The van der Waals surface area contributed by atoms with Crippen LogP contribution >= 0.6 is 11.6 Å². The van der Waals surface area contributed by atoms with Gasteiger partial charge in [-0.15, -0.1) is 0 Å². The quantitative estimate of drug-likeness (QED) is 0.312. The minimum atomic E-state index is -4.49. The highest BCUT2D eigenvalue weighted by atomic mass is 35.5. The second-order valence-electron chi connectivity index (χ2n) is 9.10. The Morgan fingerprint density at radius 3 is 2.26 bits per heavy atom. The first-order valence-corrected chi connectivity index (χ1v) is 12.7. The molecule has 3 aromatic carbocycles. The lowest BCUT2D eigenvalue weighted by Crippen LogP contribution is -2.35. The summed E-state index contributed by atoms with van der Waals surface area (Å²) in [6.45, 7) is 1.78. The van der Waals surface area contributed by atoms with E-state index in [0.717, 1.165) is 18.6 Å². The molecular formula is C28H26ClF3N2O4. The average molecular weight is 547 g/mol. The van der Waals surface area contributed by atoms with E-state index in [-0.39, 0.29) is 12.6 Å². The van der Waals surface area contributed by atoms with Crippen molar-refractivity contribution in [2.45, 2.75) is 31.3 Å². The Hall–Kier alpha value is -3.27. The maximum absolute atomic E-state index is 13.6. The van der Waals surface area contributed by atoms with Gasteiger partial charge in [-0.2, -0.15) is 13.2 Å². The molecule has 0 bridgehead atoms. The van der Waals surface area contributed by atoms with Crippen LogP contribution in [0.15, 0.2) is 72.8 Å². The number of carbonyl (C=O) groups is 1. The molecule has 0 aliphatic carbocycles. The van der Waals surface area contributed by atoms with Crippen LogP contribution in [0, 0.1) is 0 Å². The summed E-state index contributed by atoms with van der Waals surface area (Å²) < 4.78 is 57.4. The summed E-state index contributed by atoms with van der Waals surface area (Å²) in [6, 6.07) is 18.0. The van der Waals surface area contributed by atoms with Crippen LogP contribution in [0.3, 0.4) is 0 Å². The van der Waals surface area contributed by atoms with Crippen LogP contribution in [0.2, 0.25) is 5.02 Å². The molecular weight excluding hydrogens is 521 g/mol. The summed E-state index contributed by atoms with van der Waals surface area (Å²) >= 11 is 5.93. The van der Waals surface area contributed by atoms with Gasteiger partial charge in [0.05, 0.1) is 24.8 Å². The Morgan fingerprint density at radius 2 is 1.61 bits per heavy atom. The van der Waals surface area contributed by atoms with Gasteiger partial charge in [-0.05, 0) is 72.6 Å². The van der Waals surface area contributed by atoms with Crippen molar-refractivity contribution < 1.29 is 32.2 Å². The smallest absolute Gasteiger partial charge is 0.416 e. The van der Waals surface area contributed by atoms with E-state index >= 15 is 0 Å². The highest BCUT2D eigenvalue weighted by molar-refractivity contribution is 6.30. The number of hydrogen-bond donors (Lipinski definition) is 0. The number of carbonyl (C=O) groups excluding carboxylic acids is 1. The lowest BCUT2D eigenvalue weighted by Gasteiger charge is -2.25. The first kappa shape index (κ1) is 26.3. The largest absolute Gasteiger partial charge is 0.457 e. The Kier molecular flexibility index (Phi) is 7.78. The molecule has 2 fully saturated rings. The van der Waals surface area contributed by atoms with Gasteiger partial charge >= 0.3 is 12.2 Å². The molecule has 2 aliphatic heterocycles. The Balaban J connectivity index is 1.39. The minimum absolute atomic E-state index is 0.232. The van der Waals surface area contributed by atoms with E-state index in [4.69, 9.17) is 25.8 Å². The number of nitrogens with zero attached hydrogens (tertiary/aromatic N) is 2. The highest BCUT2D eigenvalue weighted by Gasteiger charge is 2.40. The van der Waals surface area contributed by atoms with Crippen molar-refractivity contribution in [1.29, 1.82) is 0 Å². The van der Waals surface area contributed by atoms with E-state index in [1.54, 1.807) is 59.5 Å². The van der Waals surface area contributed by atoms with Crippen molar-refractivity contribution in [3.63, 3.8) is 0 Å². The fourth-order valence-corrected chi connectivity index (χ4v) is 4.71. The zero-order chi connectivity index (χ0) is 26.7. The van der Waals surface area contributed by atoms with Crippen molar-refractivity contribution >= 4 is 23.3 Å². The molecule has 0 unspecified atom stereocenters. The zero-order valence-corrected chi connectivity index (χ0v) is 21.1. The molecule has 2 amide bonds. The van der Waals surface area contributed by atoms with Crippen molar-refractivity contribution in [3.05, 3.63) is 88.9 Å². The number of halogens is 4. The molecule has 2 aliphatic rings. The topological polar surface area (TPSA) is 51.2 Å². The average Bonchev–Trinajstić information content (AvgIpc) is 3.25. The summed E-state index contributed by atoms with van der Waals surface area (Å²) in [6.07, 6.45) is -3.59. The zero-order valence-electron chi connectivity index (χ0n) is 20.4. The molecule has 0 aromatic heterocycles. The Morgan fingerprint density at radius 1 is 0.947 bits per heavy atom. The van der Waals surface area contributed by atoms with Crippen LogP contribution in [0.4, 0.5) is 23.7 Å².